The second-order valence-corrected chi connectivity index (χ2v) is 5.15. The van der Waals surface area contributed by atoms with Gasteiger partial charge in [0.1, 0.15) is 0 Å². The van der Waals surface area contributed by atoms with Crippen molar-refractivity contribution in [2.24, 2.45) is 0 Å². The molecule has 1 aromatic carbocycles. The summed E-state index contributed by atoms with van der Waals surface area (Å²) in [4.78, 5) is 0. The summed E-state index contributed by atoms with van der Waals surface area (Å²) in [5, 5.41) is 1.51. The SMILES string of the molecule is CCCCn1c2c(c3ccccc31)CCCC2. The number of aryl methyl sites for hydroxylation is 2. The first-order valence-electron chi connectivity index (χ1n) is 7.01. The maximum absolute atomic E-state index is 2.59. The van der Waals surface area contributed by atoms with Gasteiger partial charge in [0.25, 0.3) is 0 Å². The monoisotopic (exact) mass is 227 g/mol. The molecule has 0 saturated carbocycles. The molecule has 0 spiro atoms. The molecule has 0 fully saturated rings. The van der Waals surface area contributed by atoms with E-state index in [0.717, 1.165) is 0 Å². The van der Waals surface area contributed by atoms with Gasteiger partial charge in [0.2, 0.25) is 0 Å². The lowest BCUT2D eigenvalue weighted by atomic mass is 9.95. The van der Waals surface area contributed by atoms with Crippen LogP contribution in [0.3, 0.4) is 0 Å². The lowest BCUT2D eigenvalue weighted by Crippen LogP contribution is -2.08. The number of hydrogen-bond donors (Lipinski definition) is 0. The van der Waals surface area contributed by atoms with Crippen LogP contribution in [0.5, 0.6) is 0 Å². The van der Waals surface area contributed by atoms with Crippen molar-refractivity contribution >= 4 is 10.9 Å². The minimum absolute atomic E-state index is 1.20. The Morgan fingerprint density at radius 1 is 1.12 bits per heavy atom. The number of fused-ring (bicyclic) bond motifs is 3. The van der Waals surface area contributed by atoms with Crippen LogP contribution in [-0.4, -0.2) is 4.57 Å². The third kappa shape index (κ3) is 1.78. The molecule has 1 aliphatic rings. The van der Waals surface area contributed by atoms with E-state index in [1.807, 2.05) is 0 Å². The number of aromatic nitrogens is 1. The van der Waals surface area contributed by atoms with E-state index in [1.165, 1.54) is 56.0 Å². The summed E-state index contributed by atoms with van der Waals surface area (Å²) in [6.45, 7) is 3.48. The summed E-state index contributed by atoms with van der Waals surface area (Å²) in [5.74, 6) is 0. The second-order valence-electron chi connectivity index (χ2n) is 5.15. The molecule has 0 radical (unpaired) electrons. The smallest absolute Gasteiger partial charge is 0.0485 e. The number of hydrogen-bond acceptors (Lipinski definition) is 0. The first kappa shape index (κ1) is 10.9. The summed E-state index contributed by atoms with van der Waals surface area (Å²) in [7, 11) is 0. The fourth-order valence-corrected chi connectivity index (χ4v) is 3.16. The van der Waals surface area contributed by atoms with Crippen LogP contribution in [-0.2, 0) is 19.4 Å². The second kappa shape index (κ2) is 4.56. The van der Waals surface area contributed by atoms with Crippen molar-refractivity contribution in [2.75, 3.05) is 0 Å². The number of unbranched alkanes of at least 4 members (excludes halogenated alkanes) is 1. The molecule has 1 aliphatic carbocycles. The summed E-state index contributed by atoms with van der Waals surface area (Å²) in [6.07, 6.45) is 7.89. The Bertz CT molecular complexity index is 522. The molecule has 0 aliphatic heterocycles. The molecule has 90 valence electrons. The molecule has 3 rings (SSSR count). The number of nitrogens with zero attached hydrogens (tertiary/aromatic N) is 1. The molecule has 0 N–H and O–H groups in total. The highest BCUT2D eigenvalue weighted by molar-refractivity contribution is 5.85. The van der Waals surface area contributed by atoms with Crippen LogP contribution in [0.1, 0.15) is 43.9 Å². The predicted molar refractivity (Wildman–Crippen MR) is 73.5 cm³/mol. The molecule has 0 saturated heterocycles. The number of para-hydroxylation sites is 1. The van der Waals surface area contributed by atoms with Gasteiger partial charge in [-0.25, -0.2) is 0 Å². The standard InChI is InChI=1S/C16H21N/c1-2-3-12-17-15-10-6-4-8-13(15)14-9-5-7-11-16(14)17/h4,6,8,10H,2-3,5,7,9,11-12H2,1H3. The van der Waals surface area contributed by atoms with E-state index < -0.39 is 0 Å². The van der Waals surface area contributed by atoms with Gasteiger partial charge >= 0.3 is 0 Å². The maximum Gasteiger partial charge on any atom is 0.0485 e. The third-order valence-electron chi connectivity index (χ3n) is 4.02. The summed E-state index contributed by atoms with van der Waals surface area (Å²) in [5.41, 5.74) is 4.74. The zero-order valence-corrected chi connectivity index (χ0v) is 10.7. The lowest BCUT2D eigenvalue weighted by molar-refractivity contribution is 0.587. The highest BCUT2D eigenvalue weighted by atomic mass is 15.0. The molecular formula is C16H21N. The van der Waals surface area contributed by atoms with Crippen LogP contribution in [0.2, 0.25) is 0 Å². The Morgan fingerprint density at radius 3 is 2.82 bits per heavy atom. The fraction of sp³-hybridized carbons (Fsp3) is 0.500. The van der Waals surface area contributed by atoms with E-state index in [9.17, 15) is 0 Å². The first-order chi connectivity index (χ1) is 8.42. The van der Waals surface area contributed by atoms with Gasteiger partial charge in [-0.1, -0.05) is 31.5 Å². The van der Waals surface area contributed by atoms with Crippen molar-refractivity contribution < 1.29 is 0 Å². The molecule has 17 heavy (non-hydrogen) atoms. The molecule has 2 aromatic rings. The van der Waals surface area contributed by atoms with Crippen molar-refractivity contribution in [2.45, 2.75) is 52.0 Å². The maximum atomic E-state index is 2.59. The molecule has 0 amide bonds. The first-order valence-corrected chi connectivity index (χ1v) is 7.01. The van der Waals surface area contributed by atoms with Gasteiger partial charge in [-0.05, 0) is 43.7 Å². The highest BCUT2D eigenvalue weighted by Crippen LogP contribution is 2.32. The number of benzene rings is 1. The van der Waals surface area contributed by atoms with Gasteiger partial charge in [0.05, 0.1) is 0 Å². The van der Waals surface area contributed by atoms with Gasteiger partial charge < -0.3 is 4.57 Å². The Morgan fingerprint density at radius 2 is 1.94 bits per heavy atom. The van der Waals surface area contributed by atoms with Crippen LogP contribution in [0.25, 0.3) is 10.9 Å². The van der Waals surface area contributed by atoms with Gasteiger partial charge in [-0.2, -0.15) is 0 Å². The minimum atomic E-state index is 1.20. The third-order valence-corrected chi connectivity index (χ3v) is 4.02. The quantitative estimate of drug-likeness (QED) is 0.736. The largest absolute Gasteiger partial charge is 0.344 e. The molecular weight excluding hydrogens is 206 g/mol. The molecule has 1 heterocycles. The Kier molecular flexibility index (Phi) is 2.92. The van der Waals surface area contributed by atoms with Crippen molar-refractivity contribution in [1.82, 2.24) is 4.57 Å². The molecule has 0 unspecified atom stereocenters. The van der Waals surface area contributed by atoms with Crippen molar-refractivity contribution in [3.05, 3.63) is 35.5 Å². The zero-order valence-electron chi connectivity index (χ0n) is 10.7. The van der Waals surface area contributed by atoms with E-state index in [0.29, 0.717) is 0 Å². The van der Waals surface area contributed by atoms with Gasteiger partial charge in [0, 0.05) is 23.1 Å². The Labute approximate surface area is 103 Å². The van der Waals surface area contributed by atoms with Gasteiger partial charge in [-0.15, -0.1) is 0 Å². The van der Waals surface area contributed by atoms with Crippen molar-refractivity contribution in [3.8, 4) is 0 Å². The normalized spacial score (nSPS) is 15.1. The zero-order chi connectivity index (χ0) is 11.7. The van der Waals surface area contributed by atoms with Gasteiger partial charge in [-0.3, -0.25) is 0 Å². The fourth-order valence-electron chi connectivity index (χ4n) is 3.16. The summed E-state index contributed by atoms with van der Waals surface area (Å²) < 4.78 is 2.59. The molecule has 1 heteroatoms. The van der Waals surface area contributed by atoms with E-state index in [-0.39, 0.29) is 0 Å². The van der Waals surface area contributed by atoms with E-state index >= 15 is 0 Å². The van der Waals surface area contributed by atoms with Crippen LogP contribution < -0.4 is 0 Å². The average molecular weight is 227 g/mol. The van der Waals surface area contributed by atoms with Crippen molar-refractivity contribution in [3.63, 3.8) is 0 Å². The van der Waals surface area contributed by atoms with Crippen LogP contribution in [0.4, 0.5) is 0 Å². The Balaban J connectivity index is 2.17. The number of rotatable bonds is 3. The summed E-state index contributed by atoms with van der Waals surface area (Å²) in [6, 6.07) is 8.96. The van der Waals surface area contributed by atoms with Crippen LogP contribution in [0, 0.1) is 0 Å². The Hall–Kier alpha value is -1.24. The molecule has 1 aromatic heterocycles. The topological polar surface area (TPSA) is 4.93 Å². The van der Waals surface area contributed by atoms with Crippen LogP contribution in [0.15, 0.2) is 24.3 Å². The predicted octanol–water partition coefficient (Wildman–Crippen LogP) is 4.32. The molecule has 0 bridgehead atoms. The van der Waals surface area contributed by atoms with Gasteiger partial charge in [0.15, 0.2) is 0 Å². The van der Waals surface area contributed by atoms with Crippen LogP contribution >= 0.6 is 0 Å². The van der Waals surface area contributed by atoms with Crippen molar-refractivity contribution in [1.29, 1.82) is 0 Å². The summed E-state index contributed by atoms with van der Waals surface area (Å²) >= 11 is 0. The minimum Gasteiger partial charge on any atom is -0.344 e. The highest BCUT2D eigenvalue weighted by Gasteiger charge is 2.18. The molecule has 1 nitrogen and oxygen atoms in total. The lowest BCUT2D eigenvalue weighted by Gasteiger charge is -2.15. The average Bonchev–Trinajstić information content (AvgIpc) is 2.71. The van der Waals surface area contributed by atoms with E-state index in [1.54, 1.807) is 11.3 Å². The molecule has 0 atom stereocenters. The van der Waals surface area contributed by atoms with E-state index in [4.69, 9.17) is 0 Å². The van der Waals surface area contributed by atoms with E-state index in [2.05, 4.69) is 35.8 Å².